The predicted molar refractivity (Wildman–Crippen MR) is 65.5 cm³/mol. The van der Waals surface area contributed by atoms with E-state index in [2.05, 4.69) is 0 Å². The molecule has 16 heavy (non-hydrogen) atoms. The molecule has 0 aliphatic rings. The maximum Gasteiger partial charge on any atom is 0.232 e. The molecule has 0 saturated carbocycles. The lowest BCUT2D eigenvalue weighted by atomic mass is 10.0. The van der Waals surface area contributed by atoms with Crippen molar-refractivity contribution in [2.75, 3.05) is 12.9 Å². The fourth-order valence-electron chi connectivity index (χ4n) is 1.56. The average molecular weight is 263 g/mol. The van der Waals surface area contributed by atoms with Gasteiger partial charge in [-0.05, 0) is 30.0 Å². The number of methoxy groups -OCH3 is 1. The second-order valence-corrected chi connectivity index (χ2v) is 6.68. The van der Waals surface area contributed by atoms with Gasteiger partial charge in [0.05, 0.1) is 12.9 Å². The van der Waals surface area contributed by atoms with Crippen LogP contribution in [0.4, 0.5) is 0 Å². The number of hydrogen-bond donors (Lipinski definition) is 0. The molecule has 0 N–H and O–H groups in total. The molecular formula is C11H15ClO3S. The van der Waals surface area contributed by atoms with Crippen LogP contribution in [0.25, 0.3) is 0 Å². The maximum atomic E-state index is 10.9. The van der Waals surface area contributed by atoms with Crippen LogP contribution in [0.1, 0.15) is 12.5 Å². The normalized spacial score (nSPS) is 13.4. The molecule has 0 spiro atoms. The highest BCUT2D eigenvalue weighted by Crippen LogP contribution is 2.16. The molecule has 0 aliphatic heterocycles. The highest BCUT2D eigenvalue weighted by Gasteiger charge is 2.13. The smallest absolute Gasteiger partial charge is 0.232 e. The monoisotopic (exact) mass is 262 g/mol. The summed E-state index contributed by atoms with van der Waals surface area (Å²) >= 11 is 0. The standard InChI is InChI=1S/C11H15ClO3S/c1-9(8-16(12,13)14)7-10-3-5-11(15-2)6-4-10/h3-6,9H,7-8H2,1-2H3. The van der Waals surface area contributed by atoms with Crippen molar-refractivity contribution in [3.8, 4) is 5.75 Å². The molecule has 1 aromatic rings. The fraction of sp³-hybridized carbons (Fsp3) is 0.455. The molecule has 1 rings (SSSR count). The molecule has 0 aromatic heterocycles. The largest absolute Gasteiger partial charge is 0.497 e. The highest BCUT2D eigenvalue weighted by molar-refractivity contribution is 8.13. The van der Waals surface area contributed by atoms with Crippen molar-refractivity contribution in [1.82, 2.24) is 0 Å². The van der Waals surface area contributed by atoms with Crippen molar-refractivity contribution in [1.29, 1.82) is 0 Å². The van der Waals surface area contributed by atoms with E-state index in [0.29, 0.717) is 6.42 Å². The Morgan fingerprint density at radius 2 is 1.88 bits per heavy atom. The molecule has 0 heterocycles. The molecule has 0 saturated heterocycles. The van der Waals surface area contributed by atoms with Crippen molar-refractivity contribution in [3.05, 3.63) is 29.8 Å². The van der Waals surface area contributed by atoms with Gasteiger partial charge in [-0.25, -0.2) is 8.42 Å². The Bertz CT molecular complexity index is 425. The van der Waals surface area contributed by atoms with Gasteiger partial charge in [0.15, 0.2) is 0 Å². The molecule has 5 heteroatoms. The summed E-state index contributed by atoms with van der Waals surface area (Å²) in [6.45, 7) is 1.87. The lowest BCUT2D eigenvalue weighted by molar-refractivity contribution is 0.414. The zero-order chi connectivity index (χ0) is 12.2. The molecule has 3 nitrogen and oxygen atoms in total. The zero-order valence-corrected chi connectivity index (χ0v) is 10.9. The lowest BCUT2D eigenvalue weighted by Crippen LogP contribution is -2.11. The van der Waals surface area contributed by atoms with Crippen molar-refractivity contribution in [3.63, 3.8) is 0 Å². The summed E-state index contributed by atoms with van der Waals surface area (Å²) in [5.74, 6) is 0.804. The Morgan fingerprint density at radius 1 is 1.31 bits per heavy atom. The van der Waals surface area contributed by atoms with Crippen LogP contribution in [0.2, 0.25) is 0 Å². The SMILES string of the molecule is COc1ccc(CC(C)CS(=O)(=O)Cl)cc1. The Morgan fingerprint density at radius 3 is 2.31 bits per heavy atom. The van der Waals surface area contributed by atoms with E-state index < -0.39 is 9.05 Å². The summed E-state index contributed by atoms with van der Waals surface area (Å²) in [6, 6.07) is 7.57. The number of hydrogen-bond acceptors (Lipinski definition) is 3. The average Bonchev–Trinajstić information content (AvgIpc) is 2.16. The first-order valence-electron chi connectivity index (χ1n) is 4.96. The summed E-state index contributed by atoms with van der Waals surface area (Å²) in [4.78, 5) is 0. The molecule has 1 atom stereocenters. The summed E-state index contributed by atoms with van der Waals surface area (Å²) in [6.07, 6.45) is 0.690. The first-order chi connectivity index (χ1) is 7.40. The Hall–Kier alpha value is -0.740. The Kier molecular flexibility index (Phi) is 4.62. The van der Waals surface area contributed by atoms with Crippen molar-refractivity contribution in [2.45, 2.75) is 13.3 Å². The van der Waals surface area contributed by atoms with Gasteiger partial charge in [0.25, 0.3) is 0 Å². The van der Waals surface area contributed by atoms with Crippen LogP contribution < -0.4 is 4.74 Å². The van der Waals surface area contributed by atoms with Crippen LogP contribution in [0.15, 0.2) is 24.3 Å². The van der Waals surface area contributed by atoms with Crippen LogP contribution in [-0.4, -0.2) is 21.3 Å². The second kappa shape index (κ2) is 5.55. The molecule has 0 fully saturated rings. The van der Waals surface area contributed by atoms with Crippen LogP contribution in [0, 0.1) is 5.92 Å². The van der Waals surface area contributed by atoms with E-state index in [0.717, 1.165) is 11.3 Å². The zero-order valence-electron chi connectivity index (χ0n) is 9.31. The van der Waals surface area contributed by atoms with Gasteiger partial charge < -0.3 is 4.74 Å². The summed E-state index contributed by atoms with van der Waals surface area (Å²) in [5, 5.41) is 0. The van der Waals surface area contributed by atoms with Crippen LogP contribution in [-0.2, 0) is 15.5 Å². The van der Waals surface area contributed by atoms with Gasteiger partial charge in [-0.15, -0.1) is 0 Å². The third-order valence-electron chi connectivity index (χ3n) is 2.23. The first kappa shape index (κ1) is 13.3. The number of ether oxygens (including phenoxy) is 1. The minimum Gasteiger partial charge on any atom is -0.497 e. The van der Waals surface area contributed by atoms with Crippen molar-refractivity contribution < 1.29 is 13.2 Å². The van der Waals surface area contributed by atoms with E-state index in [1.165, 1.54) is 0 Å². The summed E-state index contributed by atoms with van der Waals surface area (Å²) < 4.78 is 26.8. The van der Waals surface area contributed by atoms with Crippen molar-refractivity contribution in [2.24, 2.45) is 5.92 Å². The van der Waals surface area contributed by atoms with Gasteiger partial charge in [-0.1, -0.05) is 19.1 Å². The van der Waals surface area contributed by atoms with Crippen LogP contribution in [0.3, 0.4) is 0 Å². The maximum absolute atomic E-state index is 10.9. The van der Waals surface area contributed by atoms with Crippen LogP contribution in [0.5, 0.6) is 5.75 Å². The number of benzene rings is 1. The van der Waals surface area contributed by atoms with E-state index in [4.69, 9.17) is 15.4 Å². The molecule has 0 bridgehead atoms. The Labute approximate surface area is 101 Å². The third kappa shape index (κ3) is 4.86. The van der Waals surface area contributed by atoms with E-state index in [1.807, 2.05) is 31.2 Å². The molecule has 1 aromatic carbocycles. The summed E-state index contributed by atoms with van der Waals surface area (Å²) in [5.41, 5.74) is 1.08. The lowest BCUT2D eigenvalue weighted by Gasteiger charge is -2.09. The molecule has 0 radical (unpaired) electrons. The minimum atomic E-state index is -3.41. The van der Waals surface area contributed by atoms with E-state index in [1.54, 1.807) is 7.11 Å². The summed E-state index contributed by atoms with van der Waals surface area (Å²) in [7, 11) is 3.39. The second-order valence-electron chi connectivity index (χ2n) is 3.86. The number of rotatable bonds is 5. The molecule has 0 amide bonds. The van der Waals surface area contributed by atoms with Crippen molar-refractivity contribution >= 4 is 19.7 Å². The van der Waals surface area contributed by atoms with Gasteiger partial charge in [0.1, 0.15) is 5.75 Å². The fourth-order valence-corrected chi connectivity index (χ4v) is 3.01. The molecule has 1 unspecified atom stereocenters. The molecular weight excluding hydrogens is 248 g/mol. The van der Waals surface area contributed by atoms with Gasteiger partial charge in [-0.3, -0.25) is 0 Å². The predicted octanol–water partition coefficient (Wildman–Crippen LogP) is 2.44. The van der Waals surface area contributed by atoms with E-state index in [9.17, 15) is 8.42 Å². The Balaban J connectivity index is 2.59. The molecule has 90 valence electrons. The quantitative estimate of drug-likeness (QED) is 0.766. The topological polar surface area (TPSA) is 43.4 Å². The van der Waals surface area contributed by atoms with Crippen LogP contribution >= 0.6 is 10.7 Å². The number of halogens is 1. The van der Waals surface area contributed by atoms with E-state index >= 15 is 0 Å². The van der Waals surface area contributed by atoms with E-state index in [-0.39, 0.29) is 11.7 Å². The molecule has 0 aliphatic carbocycles. The van der Waals surface area contributed by atoms with Gasteiger partial charge in [-0.2, -0.15) is 0 Å². The van der Waals surface area contributed by atoms with Gasteiger partial charge in [0, 0.05) is 10.7 Å². The minimum absolute atomic E-state index is 0.000580. The third-order valence-corrected chi connectivity index (χ3v) is 3.57. The first-order valence-corrected chi connectivity index (χ1v) is 7.44. The van der Waals surface area contributed by atoms with Gasteiger partial charge in [0.2, 0.25) is 9.05 Å². The van der Waals surface area contributed by atoms with Gasteiger partial charge >= 0.3 is 0 Å². The highest BCUT2D eigenvalue weighted by atomic mass is 35.7.